The highest BCUT2D eigenvalue weighted by atomic mass is 19.1. The van der Waals surface area contributed by atoms with Crippen molar-refractivity contribution in [2.75, 3.05) is 12.4 Å². The second-order valence-electron chi connectivity index (χ2n) is 7.70. The Balaban J connectivity index is 1.65. The molecule has 4 rings (SSSR count). The second-order valence-corrected chi connectivity index (χ2v) is 7.70. The molecule has 7 heteroatoms. The molecule has 1 aromatic heterocycles. The van der Waals surface area contributed by atoms with Gasteiger partial charge in [-0.25, -0.2) is 9.37 Å². The number of halogens is 1. The number of aliphatic hydroxyl groups is 1. The number of benzene rings is 2. The molecule has 29 heavy (non-hydrogen) atoms. The monoisotopic (exact) mass is 397 g/mol. The summed E-state index contributed by atoms with van der Waals surface area (Å²) in [7, 11) is 1.42. The maximum Gasteiger partial charge on any atom is 0.229 e. The third-order valence-corrected chi connectivity index (χ3v) is 5.57. The van der Waals surface area contributed by atoms with E-state index < -0.39 is 11.4 Å². The molecule has 0 aliphatic heterocycles. The molecule has 2 N–H and O–H groups in total. The molecule has 1 atom stereocenters. The molecule has 0 saturated heterocycles. The van der Waals surface area contributed by atoms with Gasteiger partial charge in [0.15, 0.2) is 11.6 Å². The highest BCUT2D eigenvalue weighted by molar-refractivity contribution is 5.92. The minimum absolute atomic E-state index is 0.0755. The van der Waals surface area contributed by atoms with Crippen molar-refractivity contribution in [2.24, 2.45) is 0 Å². The molecule has 2 aromatic carbocycles. The summed E-state index contributed by atoms with van der Waals surface area (Å²) in [5.41, 5.74) is 0.116. The van der Waals surface area contributed by atoms with E-state index >= 15 is 0 Å². The Morgan fingerprint density at radius 1 is 1.31 bits per heavy atom. The van der Waals surface area contributed by atoms with Crippen molar-refractivity contribution in [3.05, 3.63) is 53.8 Å². The Labute approximate surface area is 168 Å². The number of nitrogens with one attached hydrogen (secondary N) is 1. The van der Waals surface area contributed by atoms with Gasteiger partial charge in [-0.1, -0.05) is 30.3 Å². The zero-order valence-corrected chi connectivity index (χ0v) is 16.5. The molecule has 1 amide bonds. The number of nitrogens with zero attached hydrogens (tertiary/aromatic N) is 2. The summed E-state index contributed by atoms with van der Waals surface area (Å²) in [4.78, 5) is 17.2. The number of hydrogen-bond acceptors (Lipinski definition) is 4. The maximum absolute atomic E-state index is 15.0. The number of rotatable bonds is 6. The lowest BCUT2D eigenvalue weighted by Crippen LogP contribution is -2.30. The highest BCUT2D eigenvalue weighted by Gasteiger charge is 2.30. The number of imidazole rings is 1. The molecule has 3 aromatic rings. The van der Waals surface area contributed by atoms with Crippen LogP contribution in [0.3, 0.4) is 0 Å². The van der Waals surface area contributed by atoms with Crippen molar-refractivity contribution in [3.63, 3.8) is 0 Å². The Morgan fingerprint density at radius 3 is 2.66 bits per heavy atom. The van der Waals surface area contributed by atoms with Gasteiger partial charge in [0.2, 0.25) is 11.9 Å². The van der Waals surface area contributed by atoms with Gasteiger partial charge >= 0.3 is 0 Å². The third kappa shape index (κ3) is 3.58. The summed E-state index contributed by atoms with van der Waals surface area (Å²) in [6.07, 6.45) is 2.70. The third-order valence-electron chi connectivity index (χ3n) is 5.57. The predicted molar refractivity (Wildman–Crippen MR) is 108 cm³/mol. The summed E-state index contributed by atoms with van der Waals surface area (Å²) in [5, 5.41) is 13.5. The van der Waals surface area contributed by atoms with Gasteiger partial charge in [0.25, 0.3) is 0 Å². The number of amides is 1. The number of anilines is 1. The Morgan fingerprint density at radius 2 is 2.03 bits per heavy atom. The van der Waals surface area contributed by atoms with Crippen molar-refractivity contribution < 1.29 is 19.0 Å². The first kappa shape index (κ1) is 19.4. The van der Waals surface area contributed by atoms with Gasteiger partial charge in [-0.15, -0.1) is 0 Å². The van der Waals surface area contributed by atoms with Gasteiger partial charge in [0, 0.05) is 6.04 Å². The first-order valence-electron chi connectivity index (χ1n) is 9.73. The molecular weight excluding hydrogens is 373 g/mol. The number of hydrogen-bond donors (Lipinski definition) is 2. The van der Waals surface area contributed by atoms with Gasteiger partial charge < -0.3 is 14.4 Å². The summed E-state index contributed by atoms with van der Waals surface area (Å²) in [6, 6.07) is 12.3. The molecule has 1 saturated carbocycles. The van der Waals surface area contributed by atoms with Gasteiger partial charge in [-0.3, -0.25) is 10.1 Å². The summed E-state index contributed by atoms with van der Waals surface area (Å²) < 4.78 is 21.8. The smallest absolute Gasteiger partial charge is 0.229 e. The predicted octanol–water partition coefficient (Wildman–Crippen LogP) is 4.15. The van der Waals surface area contributed by atoms with Crippen molar-refractivity contribution in [3.8, 4) is 5.75 Å². The number of carbonyl (C=O) groups excluding carboxylic acids is 1. The van der Waals surface area contributed by atoms with E-state index in [9.17, 15) is 14.3 Å². The van der Waals surface area contributed by atoms with Crippen LogP contribution in [0.5, 0.6) is 5.75 Å². The number of fused-ring (bicyclic) bond motifs is 1. The first-order chi connectivity index (χ1) is 13.9. The average Bonchev–Trinajstić information content (AvgIpc) is 2.99. The normalized spacial score (nSPS) is 16.3. The van der Waals surface area contributed by atoms with Crippen LogP contribution in [0.15, 0.2) is 42.5 Å². The highest BCUT2D eigenvalue weighted by Crippen LogP contribution is 2.39. The largest absolute Gasteiger partial charge is 0.494 e. The lowest BCUT2D eigenvalue weighted by molar-refractivity contribution is -0.120. The van der Waals surface area contributed by atoms with Gasteiger partial charge in [-0.05, 0) is 43.9 Å². The zero-order valence-electron chi connectivity index (χ0n) is 16.5. The number of aromatic nitrogens is 2. The molecule has 0 spiro atoms. The topological polar surface area (TPSA) is 76.4 Å². The minimum Gasteiger partial charge on any atom is -0.494 e. The molecule has 1 aliphatic carbocycles. The zero-order chi connectivity index (χ0) is 20.6. The molecule has 0 radical (unpaired) electrons. The van der Waals surface area contributed by atoms with E-state index in [1.54, 1.807) is 29.7 Å². The van der Waals surface area contributed by atoms with Crippen LogP contribution in [0.1, 0.15) is 44.2 Å². The molecule has 6 nitrogen and oxygen atoms in total. The van der Waals surface area contributed by atoms with E-state index in [1.807, 2.05) is 18.2 Å². The van der Waals surface area contributed by atoms with Gasteiger partial charge in [0.05, 0.1) is 24.6 Å². The Kier molecular flexibility index (Phi) is 5.00. The molecule has 1 aliphatic rings. The van der Waals surface area contributed by atoms with E-state index in [0.717, 1.165) is 19.3 Å². The van der Waals surface area contributed by atoms with E-state index in [-0.39, 0.29) is 24.1 Å². The van der Waals surface area contributed by atoms with E-state index in [4.69, 9.17) is 4.74 Å². The molecule has 0 bridgehead atoms. The quantitative estimate of drug-likeness (QED) is 0.655. The maximum atomic E-state index is 15.0. The molecular formula is C22H24FN3O3. The van der Waals surface area contributed by atoms with Crippen LogP contribution in [0, 0.1) is 5.82 Å². The standard InChI is InChI=1S/C22H24FN3O3/c1-22(28,14-7-4-3-5-8-14)13-18(27)25-21-24-16-11-12-17(29-2)19(23)20(16)26(21)15-9-6-10-15/h3-5,7-8,11-12,15,28H,6,9-10,13H2,1-2H3,(H,24,25,27)/t22-/m1/s1. The summed E-state index contributed by atoms with van der Waals surface area (Å²) >= 11 is 0. The summed E-state index contributed by atoms with van der Waals surface area (Å²) in [5.74, 6) is -0.433. The fourth-order valence-corrected chi connectivity index (χ4v) is 3.76. The van der Waals surface area contributed by atoms with Crippen LogP contribution in [-0.4, -0.2) is 27.7 Å². The van der Waals surface area contributed by atoms with E-state index in [1.165, 1.54) is 13.2 Å². The lowest BCUT2D eigenvalue weighted by Gasteiger charge is -2.29. The van der Waals surface area contributed by atoms with Gasteiger partial charge in [-0.2, -0.15) is 0 Å². The SMILES string of the molecule is COc1ccc2nc(NC(=O)C[C@@](C)(O)c3ccccc3)n(C3CCC3)c2c1F. The molecule has 152 valence electrons. The van der Waals surface area contributed by atoms with Crippen molar-refractivity contribution in [2.45, 2.75) is 44.2 Å². The van der Waals surface area contributed by atoms with Crippen LogP contribution in [0.4, 0.5) is 10.3 Å². The van der Waals surface area contributed by atoms with Crippen LogP contribution in [0.25, 0.3) is 11.0 Å². The number of methoxy groups -OCH3 is 1. The van der Waals surface area contributed by atoms with Crippen molar-refractivity contribution in [1.82, 2.24) is 9.55 Å². The molecule has 1 heterocycles. The fraction of sp³-hybridized carbons (Fsp3) is 0.364. The molecule has 0 unspecified atom stereocenters. The van der Waals surface area contributed by atoms with Crippen LogP contribution >= 0.6 is 0 Å². The average molecular weight is 397 g/mol. The lowest BCUT2D eigenvalue weighted by atomic mass is 9.92. The number of carbonyl (C=O) groups is 1. The van der Waals surface area contributed by atoms with Crippen molar-refractivity contribution in [1.29, 1.82) is 0 Å². The van der Waals surface area contributed by atoms with Gasteiger partial charge in [0.1, 0.15) is 5.52 Å². The number of ether oxygens (including phenoxy) is 1. The van der Waals surface area contributed by atoms with Crippen LogP contribution < -0.4 is 10.1 Å². The van der Waals surface area contributed by atoms with Crippen molar-refractivity contribution >= 4 is 22.9 Å². The van der Waals surface area contributed by atoms with Crippen LogP contribution in [0.2, 0.25) is 0 Å². The second kappa shape index (κ2) is 7.48. The Hall–Kier alpha value is -2.93. The first-order valence-corrected chi connectivity index (χ1v) is 9.73. The van der Waals surface area contributed by atoms with E-state index in [2.05, 4.69) is 10.3 Å². The van der Waals surface area contributed by atoms with Crippen LogP contribution in [-0.2, 0) is 10.4 Å². The Bertz CT molecular complexity index is 1040. The summed E-state index contributed by atoms with van der Waals surface area (Å²) in [6.45, 7) is 1.60. The fourth-order valence-electron chi connectivity index (χ4n) is 3.76. The molecule has 1 fully saturated rings. The van der Waals surface area contributed by atoms with E-state index in [0.29, 0.717) is 22.5 Å². The minimum atomic E-state index is -1.33.